The molecule has 94 valence electrons. The molecular formula is C13H16BrFO2. The second kappa shape index (κ2) is 5.04. The average molecular weight is 303 g/mol. The monoisotopic (exact) mass is 302 g/mol. The van der Waals surface area contributed by atoms with Gasteiger partial charge in [0.2, 0.25) is 0 Å². The standard InChI is InChI=1S/C13H16BrFO2/c1-2-17-11-7-13(16,8-11)6-9-3-4-10(14)5-12(9)15/h3-5,11,16H,2,6-8H2,1H3. The fraction of sp³-hybridized carbons (Fsp3) is 0.538. The maximum Gasteiger partial charge on any atom is 0.127 e. The number of hydrogen-bond acceptors (Lipinski definition) is 2. The molecule has 0 bridgehead atoms. The normalized spacial score (nSPS) is 27.9. The van der Waals surface area contributed by atoms with Crippen LogP contribution in [0.1, 0.15) is 25.3 Å². The van der Waals surface area contributed by atoms with E-state index in [4.69, 9.17) is 4.74 Å². The van der Waals surface area contributed by atoms with Crippen LogP contribution >= 0.6 is 15.9 Å². The Kier molecular flexibility index (Phi) is 3.85. The van der Waals surface area contributed by atoms with Crippen molar-refractivity contribution in [1.29, 1.82) is 0 Å². The van der Waals surface area contributed by atoms with Gasteiger partial charge in [0.15, 0.2) is 0 Å². The maximum absolute atomic E-state index is 13.6. The Balaban J connectivity index is 1.98. The molecule has 2 rings (SSSR count). The van der Waals surface area contributed by atoms with Gasteiger partial charge in [-0.1, -0.05) is 22.0 Å². The minimum absolute atomic E-state index is 0.128. The van der Waals surface area contributed by atoms with E-state index in [1.165, 1.54) is 6.07 Å². The van der Waals surface area contributed by atoms with Gasteiger partial charge in [-0.2, -0.15) is 0 Å². The zero-order valence-electron chi connectivity index (χ0n) is 9.75. The van der Waals surface area contributed by atoms with Crippen LogP contribution in [0.3, 0.4) is 0 Å². The van der Waals surface area contributed by atoms with Gasteiger partial charge in [-0.15, -0.1) is 0 Å². The lowest BCUT2D eigenvalue weighted by Crippen LogP contribution is -2.50. The molecule has 0 radical (unpaired) electrons. The van der Waals surface area contributed by atoms with Crippen molar-refractivity contribution in [1.82, 2.24) is 0 Å². The second-order valence-electron chi connectivity index (χ2n) is 4.62. The molecule has 1 saturated carbocycles. The van der Waals surface area contributed by atoms with E-state index in [-0.39, 0.29) is 11.9 Å². The van der Waals surface area contributed by atoms with E-state index in [9.17, 15) is 9.50 Å². The Morgan fingerprint density at radius 1 is 1.53 bits per heavy atom. The molecule has 17 heavy (non-hydrogen) atoms. The molecule has 1 aromatic rings. The summed E-state index contributed by atoms with van der Waals surface area (Å²) in [6, 6.07) is 4.93. The highest BCUT2D eigenvalue weighted by atomic mass is 79.9. The zero-order valence-corrected chi connectivity index (χ0v) is 11.3. The van der Waals surface area contributed by atoms with Gasteiger partial charge in [0, 0.05) is 30.3 Å². The summed E-state index contributed by atoms with van der Waals surface area (Å²) in [6.07, 6.45) is 1.67. The van der Waals surface area contributed by atoms with Crippen LogP contribution in [-0.2, 0) is 11.2 Å². The van der Waals surface area contributed by atoms with Crippen molar-refractivity contribution in [3.05, 3.63) is 34.1 Å². The summed E-state index contributed by atoms with van der Waals surface area (Å²) in [5.41, 5.74) is -0.236. The molecule has 0 atom stereocenters. The molecule has 1 aliphatic carbocycles. The molecule has 1 fully saturated rings. The minimum Gasteiger partial charge on any atom is -0.389 e. The van der Waals surface area contributed by atoms with Crippen LogP contribution in [-0.4, -0.2) is 23.4 Å². The molecule has 4 heteroatoms. The van der Waals surface area contributed by atoms with Gasteiger partial charge in [-0.3, -0.25) is 0 Å². The van der Waals surface area contributed by atoms with Gasteiger partial charge in [0.1, 0.15) is 5.82 Å². The lowest BCUT2D eigenvalue weighted by atomic mass is 9.73. The van der Waals surface area contributed by atoms with Crippen LogP contribution < -0.4 is 0 Å². The van der Waals surface area contributed by atoms with E-state index in [2.05, 4.69) is 15.9 Å². The van der Waals surface area contributed by atoms with Crippen molar-refractivity contribution in [2.75, 3.05) is 6.61 Å². The number of hydrogen-bond donors (Lipinski definition) is 1. The molecule has 1 aromatic carbocycles. The predicted octanol–water partition coefficient (Wildman–Crippen LogP) is 3.06. The van der Waals surface area contributed by atoms with E-state index in [1.54, 1.807) is 12.1 Å². The van der Waals surface area contributed by atoms with E-state index >= 15 is 0 Å². The molecule has 1 aliphatic rings. The Labute approximate surface area is 109 Å². The summed E-state index contributed by atoms with van der Waals surface area (Å²) in [4.78, 5) is 0. The third kappa shape index (κ3) is 3.06. The van der Waals surface area contributed by atoms with Crippen molar-refractivity contribution in [3.63, 3.8) is 0 Å². The first-order valence-corrected chi connectivity index (χ1v) is 6.59. The predicted molar refractivity (Wildman–Crippen MR) is 67.4 cm³/mol. The van der Waals surface area contributed by atoms with E-state index < -0.39 is 5.60 Å². The minimum atomic E-state index is -0.797. The van der Waals surface area contributed by atoms with Crippen molar-refractivity contribution in [2.45, 2.75) is 37.9 Å². The molecule has 0 aliphatic heterocycles. The zero-order chi connectivity index (χ0) is 12.5. The first-order chi connectivity index (χ1) is 8.02. The first kappa shape index (κ1) is 13.0. The SMILES string of the molecule is CCOC1CC(O)(Cc2ccc(Br)cc2F)C1. The van der Waals surface area contributed by atoms with Crippen molar-refractivity contribution >= 4 is 15.9 Å². The van der Waals surface area contributed by atoms with Gasteiger partial charge in [0.25, 0.3) is 0 Å². The quantitative estimate of drug-likeness (QED) is 0.926. The molecule has 2 nitrogen and oxygen atoms in total. The van der Waals surface area contributed by atoms with E-state index in [0.717, 1.165) is 0 Å². The smallest absolute Gasteiger partial charge is 0.127 e. The first-order valence-electron chi connectivity index (χ1n) is 5.80. The third-order valence-corrected chi connectivity index (χ3v) is 3.65. The molecule has 0 heterocycles. The summed E-state index contributed by atoms with van der Waals surface area (Å²) in [5, 5.41) is 10.2. The highest BCUT2D eigenvalue weighted by molar-refractivity contribution is 9.10. The summed E-state index contributed by atoms with van der Waals surface area (Å²) >= 11 is 3.21. The summed E-state index contributed by atoms with van der Waals surface area (Å²) < 4.78 is 19.7. The summed E-state index contributed by atoms with van der Waals surface area (Å²) in [5.74, 6) is -0.271. The fourth-order valence-corrected chi connectivity index (χ4v) is 2.64. The molecule has 0 saturated heterocycles. The largest absolute Gasteiger partial charge is 0.389 e. The summed E-state index contributed by atoms with van der Waals surface area (Å²) in [6.45, 7) is 2.60. The highest BCUT2D eigenvalue weighted by Crippen LogP contribution is 2.37. The number of halogens is 2. The number of rotatable bonds is 4. The van der Waals surface area contributed by atoms with E-state index in [1.807, 2.05) is 6.92 Å². The summed E-state index contributed by atoms with van der Waals surface area (Å²) in [7, 11) is 0. The Morgan fingerprint density at radius 2 is 2.24 bits per heavy atom. The van der Waals surface area contributed by atoms with Crippen LogP contribution in [0.2, 0.25) is 0 Å². The van der Waals surface area contributed by atoms with Gasteiger partial charge in [0.05, 0.1) is 11.7 Å². The third-order valence-electron chi connectivity index (χ3n) is 3.15. The van der Waals surface area contributed by atoms with Crippen LogP contribution in [0.4, 0.5) is 4.39 Å². The van der Waals surface area contributed by atoms with Gasteiger partial charge in [-0.25, -0.2) is 4.39 Å². The van der Waals surface area contributed by atoms with Gasteiger partial charge < -0.3 is 9.84 Å². The lowest BCUT2D eigenvalue weighted by Gasteiger charge is -2.43. The van der Waals surface area contributed by atoms with Crippen LogP contribution in [0.25, 0.3) is 0 Å². The fourth-order valence-electron chi connectivity index (χ4n) is 2.31. The number of aliphatic hydroxyl groups is 1. The number of benzene rings is 1. The van der Waals surface area contributed by atoms with Crippen LogP contribution in [0.5, 0.6) is 0 Å². The Hall–Kier alpha value is -0.450. The number of ether oxygens (including phenoxy) is 1. The Morgan fingerprint density at radius 3 is 2.82 bits per heavy atom. The highest BCUT2D eigenvalue weighted by Gasteiger charge is 2.43. The molecular weight excluding hydrogens is 287 g/mol. The molecule has 0 amide bonds. The maximum atomic E-state index is 13.6. The van der Waals surface area contributed by atoms with Crippen molar-refractivity contribution < 1.29 is 14.2 Å². The van der Waals surface area contributed by atoms with Crippen molar-refractivity contribution in [3.8, 4) is 0 Å². The van der Waals surface area contributed by atoms with Crippen LogP contribution in [0, 0.1) is 5.82 Å². The Bertz CT molecular complexity index is 402. The topological polar surface area (TPSA) is 29.5 Å². The molecule has 1 N–H and O–H groups in total. The van der Waals surface area contributed by atoms with Gasteiger partial charge in [-0.05, 0) is 24.6 Å². The van der Waals surface area contributed by atoms with E-state index in [0.29, 0.717) is 35.9 Å². The molecule has 0 aromatic heterocycles. The van der Waals surface area contributed by atoms with Crippen LogP contribution in [0.15, 0.2) is 22.7 Å². The lowest BCUT2D eigenvalue weighted by molar-refractivity contribution is -0.136. The van der Waals surface area contributed by atoms with Crippen molar-refractivity contribution in [2.24, 2.45) is 0 Å². The molecule has 0 unspecified atom stereocenters. The molecule has 0 spiro atoms. The van der Waals surface area contributed by atoms with Gasteiger partial charge >= 0.3 is 0 Å². The average Bonchev–Trinajstić information content (AvgIpc) is 2.21. The second-order valence-corrected chi connectivity index (χ2v) is 5.54.